The smallest absolute Gasteiger partial charge is 0.244 e. The Morgan fingerprint density at radius 2 is 1.97 bits per heavy atom. The Labute approximate surface area is 182 Å². The van der Waals surface area contributed by atoms with Crippen molar-refractivity contribution in [1.82, 2.24) is 4.72 Å². The van der Waals surface area contributed by atoms with Crippen molar-refractivity contribution in [2.24, 2.45) is 5.92 Å². The summed E-state index contributed by atoms with van der Waals surface area (Å²) in [5.41, 5.74) is 2.86. The summed E-state index contributed by atoms with van der Waals surface area (Å²) in [4.78, 5) is -0.0998. The van der Waals surface area contributed by atoms with Crippen LogP contribution in [0.1, 0.15) is 83.8 Å². The quantitative estimate of drug-likeness (QED) is 0.351. The molecule has 1 aromatic rings. The van der Waals surface area contributed by atoms with Gasteiger partial charge in [0.1, 0.15) is 16.4 Å². The van der Waals surface area contributed by atoms with Gasteiger partial charge in [-0.3, -0.25) is 0 Å². The van der Waals surface area contributed by atoms with Crippen LogP contribution in [0.5, 0.6) is 11.5 Å². The van der Waals surface area contributed by atoms with Gasteiger partial charge in [-0.2, -0.15) is 0 Å². The number of aryl methyl sites for hydroxylation is 1. The van der Waals surface area contributed by atoms with Gasteiger partial charge in [0.2, 0.25) is 10.0 Å². The minimum atomic E-state index is -3.94. The normalized spacial score (nSPS) is 19.7. The van der Waals surface area contributed by atoms with Gasteiger partial charge >= 0.3 is 0 Å². The van der Waals surface area contributed by atoms with Gasteiger partial charge in [0.05, 0.1) is 0 Å². The van der Waals surface area contributed by atoms with Crippen molar-refractivity contribution in [3.05, 3.63) is 41.0 Å². The summed E-state index contributed by atoms with van der Waals surface area (Å²) in [5.74, 6) is -0.666. The average Bonchev–Trinajstić information content (AvgIpc) is 2.60. The van der Waals surface area contributed by atoms with E-state index in [4.69, 9.17) is 0 Å². The molecule has 6 heteroatoms. The monoisotopic (exact) mass is 435 g/mol. The maximum absolute atomic E-state index is 13.2. The van der Waals surface area contributed by atoms with Crippen LogP contribution in [0.25, 0.3) is 0 Å². The van der Waals surface area contributed by atoms with Gasteiger partial charge in [-0.1, -0.05) is 43.6 Å². The van der Waals surface area contributed by atoms with E-state index >= 15 is 0 Å². The molecule has 0 bridgehead atoms. The van der Waals surface area contributed by atoms with Crippen LogP contribution in [0.2, 0.25) is 0 Å². The molecular formula is C24H37NO4S. The van der Waals surface area contributed by atoms with Crippen molar-refractivity contribution < 1.29 is 18.6 Å². The summed E-state index contributed by atoms with van der Waals surface area (Å²) in [6.07, 6.45) is 7.01. The molecule has 1 aliphatic carbocycles. The number of phenolic OH excluding ortho intramolecular Hbond substituents is 2. The Bertz CT molecular complexity index is 916. The van der Waals surface area contributed by atoms with E-state index in [1.54, 1.807) is 13.8 Å². The topological polar surface area (TPSA) is 86.6 Å². The number of nitrogens with one attached hydrogen (secondary N) is 1. The van der Waals surface area contributed by atoms with Crippen LogP contribution in [-0.2, 0) is 16.4 Å². The highest BCUT2D eigenvalue weighted by atomic mass is 32.2. The number of sulfonamides is 1. The molecule has 2 unspecified atom stereocenters. The van der Waals surface area contributed by atoms with E-state index in [1.807, 2.05) is 19.9 Å². The first-order valence-corrected chi connectivity index (χ1v) is 12.4. The Hall–Kier alpha value is -1.79. The summed E-state index contributed by atoms with van der Waals surface area (Å²) in [5, 5.41) is 22.2. The lowest BCUT2D eigenvalue weighted by atomic mass is 9.73. The third-order valence-corrected chi connectivity index (χ3v) is 7.55. The van der Waals surface area contributed by atoms with Crippen LogP contribution in [0.3, 0.4) is 0 Å². The predicted octanol–water partition coefficient (Wildman–Crippen LogP) is 5.53. The van der Waals surface area contributed by atoms with Crippen molar-refractivity contribution in [3.8, 4) is 11.5 Å². The summed E-state index contributed by atoms with van der Waals surface area (Å²) in [7, 11) is -3.94. The molecule has 2 atom stereocenters. The third-order valence-electron chi connectivity index (χ3n) is 5.77. The molecular weight excluding hydrogens is 398 g/mol. The molecule has 30 heavy (non-hydrogen) atoms. The highest BCUT2D eigenvalue weighted by molar-refractivity contribution is 7.89. The van der Waals surface area contributed by atoms with E-state index < -0.39 is 10.0 Å². The Morgan fingerprint density at radius 1 is 1.30 bits per heavy atom. The van der Waals surface area contributed by atoms with Gasteiger partial charge in [0.15, 0.2) is 0 Å². The molecule has 0 aromatic heterocycles. The van der Waals surface area contributed by atoms with Crippen molar-refractivity contribution in [2.45, 2.75) is 90.0 Å². The van der Waals surface area contributed by atoms with Crippen LogP contribution in [-0.4, -0.2) is 24.7 Å². The number of benzene rings is 1. The SMILES string of the molecule is C=C(C)C1CCC(C)=CC1c1c(O)cc(CCCCC)c(S(=O)(=O)NC(C)C)c1O. The Kier molecular flexibility index (Phi) is 8.17. The number of allylic oxidation sites excluding steroid dienone is 3. The molecule has 5 nitrogen and oxygen atoms in total. The summed E-state index contributed by atoms with van der Waals surface area (Å²) in [6.45, 7) is 13.6. The summed E-state index contributed by atoms with van der Waals surface area (Å²) in [6, 6.07) is 1.22. The van der Waals surface area contributed by atoms with Crippen LogP contribution >= 0.6 is 0 Å². The van der Waals surface area contributed by atoms with Gasteiger partial charge in [0.25, 0.3) is 0 Å². The molecule has 2 rings (SSSR count). The zero-order chi connectivity index (χ0) is 22.6. The van der Waals surface area contributed by atoms with Crippen molar-refractivity contribution in [3.63, 3.8) is 0 Å². The highest BCUT2D eigenvalue weighted by Gasteiger charge is 2.34. The third kappa shape index (κ3) is 5.46. The van der Waals surface area contributed by atoms with Crippen LogP contribution in [0.4, 0.5) is 0 Å². The van der Waals surface area contributed by atoms with Crippen LogP contribution < -0.4 is 4.72 Å². The molecule has 0 saturated carbocycles. The first-order valence-electron chi connectivity index (χ1n) is 10.9. The maximum Gasteiger partial charge on any atom is 0.244 e. The largest absolute Gasteiger partial charge is 0.507 e. The second-order valence-electron chi connectivity index (χ2n) is 8.91. The lowest BCUT2D eigenvalue weighted by molar-refractivity contribution is 0.397. The van der Waals surface area contributed by atoms with Gasteiger partial charge in [-0.25, -0.2) is 13.1 Å². The molecule has 168 valence electrons. The van der Waals surface area contributed by atoms with E-state index in [2.05, 4.69) is 18.2 Å². The van der Waals surface area contributed by atoms with Gasteiger partial charge in [0, 0.05) is 17.5 Å². The molecule has 0 saturated heterocycles. The van der Waals surface area contributed by atoms with Gasteiger partial charge in [-0.15, -0.1) is 0 Å². The molecule has 0 fully saturated rings. The van der Waals surface area contributed by atoms with Crippen molar-refractivity contribution >= 4 is 10.0 Å². The molecule has 0 spiro atoms. The minimum absolute atomic E-state index is 0.0325. The highest BCUT2D eigenvalue weighted by Crippen LogP contribution is 2.49. The predicted molar refractivity (Wildman–Crippen MR) is 122 cm³/mol. The van der Waals surface area contributed by atoms with E-state index in [9.17, 15) is 18.6 Å². The lowest BCUT2D eigenvalue weighted by Gasteiger charge is -2.32. The van der Waals surface area contributed by atoms with Crippen LogP contribution in [0, 0.1) is 5.92 Å². The Morgan fingerprint density at radius 3 is 2.53 bits per heavy atom. The molecule has 0 amide bonds. The second-order valence-corrected chi connectivity index (χ2v) is 10.6. The first kappa shape index (κ1) is 24.5. The van der Waals surface area contributed by atoms with Gasteiger partial charge in [-0.05, 0) is 70.9 Å². The number of hydrogen-bond donors (Lipinski definition) is 3. The number of phenols is 2. The van der Waals surface area contributed by atoms with E-state index in [0.29, 0.717) is 12.0 Å². The molecule has 1 aromatic carbocycles. The summed E-state index contributed by atoms with van der Waals surface area (Å²) >= 11 is 0. The molecule has 0 aliphatic heterocycles. The maximum atomic E-state index is 13.2. The van der Waals surface area contributed by atoms with Gasteiger partial charge < -0.3 is 10.2 Å². The number of rotatable bonds is 9. The van der Waals surface area contributed by atoms with Crippen molar-refractivity contribution in [2.75, 3.05) is 0 Å². The first-order chi connectivity index (χ1) is 14.0. The molecule has 1 aliphatic rings. The molecule has 3 N–H and O–H groups in total. The number of unbranched alkanes of at least 4 members (excludes halogenated alkanes) is 2. The van der Waals surface area contributed by atoms with Crippen molar-refractivity contribution in [1.29, 1.82) is 0 Å². The molecule has 0 heterocycles. The van der Waals surface area contributed by atoms with E-state index in [0.717, 1.165) is 43.3 Å². The fourth-order valence-electron chi connectivity index (χ4n) is 4.36. The summed E-state index contributed by atoms with van der Waals surface area (Å²) < 4.78 is 28.9. The lowest BCUT2D eigenvalue weighted by Crippen LogP contribution is -2.31. The van der Waals surface area contributed by atoms with Crippen LogP contribution in [0.15, 0.2) is 34.8 Å². The number of aromatic hydroxyl groups is 2. The Balaban J connectivity index is 2.72. The fraction of sp³-hybridized carbons (Fsp3) is 0.583. The second kappa shape index (κ2) is 10.0. The number of hydrogen-bond acceptors (Lipinski definition) is 4. The zero-order valence-corrected chi connectivity index (χ0v) is 19.8. The molecule has 0 radical (unpaired) electrons. The minimum Gasteiger partial charge on any atom is -0.507 e. The fourth-order valence-corrected chi connectivity index (χ4v) is 5.97. The average molecular weight is 436 g/mol. The van der Waals surface area contributed by atoms with E-state index in [1.165, 1.54) is 6.07 Å². The zero-order valence-electron chi connectivity index (χ0n) is 19.0. The standard InChI is InChI=1S/C24H37NO4S/c1-7-8-9-10-18-14-21(26)22(20-13-17(6)11-12-19(20)15(2)3)23(27)24(18)30(28,29)25-16(4)5/h13-14,16,19-20,25-27H,2,7-12H2,1,3-6H3. The van der Waals surface area contributed by atoms with E-state index in [-0.39, 0.29) is 39.8 Å².